The maximum atomic E-state index is 6.22. The topological polar surface area (TPSA) is 35.2 Å². The van der Waals surface area contributed by atoms with Crippen molar-refractivity contribution in [3.63, 3.8) is 0 Å². The van der Waals surface area contributed by atoms with Crippen LogP contribution in [0.25, 0.3) is 0 Å². The quantitative estimate of drug-likeness (QED) is 0.821. The summed E-state index contributed by atoms with van der Waals surface area (Å²) in [6.45, 7) is 0.579. The molecule has 0 aromatic heterocycles. The molecule has 0 aliphatic heterocycles. The number of rotatable bonds is 4. The lowest BCUT2D eigenvalue weighted by Gasteiger charge is -2.18. The van der Waals surface area contributed by atoms with Gasteiger partial charge in [0.15, 0.2) is 0 Å². The van der Waals surface area contributed by atoms with Crippen LogP contribution in [0.2, 0.25) is 0 Å². The highest BCUT2D eigenvalue weighted by Crippen LogP contribution is 2.19. The first kappa shape index (κ1) is 13.2. The molecule has 0 spiro atoms. The largest absolute Gasteiger partial charge is 0.492 e. The minimum Gasteiger partial charge on any atom is -0.492 e. The minimum absolute atomic E-state index is 0.0447. The first-order valence-corrected chi connectivity index (χ1v) is 6.98. The Labute approximate surface area is 110 Å². The Morgan fingerprint density at radius 3 is 2.67 bits per heavy atom. The van der Waals surface area contributed by atoms with Crippen LogP contribution in [0, 0.1) is 0 Å². The van der Waals surface area contributed by atoms with Crippen molar-refractivity contribution in [1.29, 1.82) is 0 Å². The van der Waals surface area contributed by atoms with Gasteiger partial charge in [-0.15, -0.1) is 0 Å². The van der Waals surface area contributed by atoms with Gasteiger partial charge in [-0.3, -0.25) is 0 Å². The summed E-state index contributed by atoms with van der Waals surface area (Å²) >= 11 is 0. The maximum Gasteiger partial charge on any atom is 0.119 e. The lowest BCUT2D eigenvalue weighted by atomic mass is 9.96. The lowest BCUT2D eigenvalue weighted by Crippen LogP contribution is -2.30. The van der Waals surface area contributed by atoms with Gasteiger partial charge in [0.05, 0.1) is 6.04 Å². The van der Waals surface area contributed by atoms with Gasteiger partial charge >= 0.3 is 0 Å². The highest BCUT2D eigenvalue weighted by Gasteiger charge is 2.11. The Kier molecular flexibility index (Phi) is 5.28. The third kappa shape index (κ3) is 4.19. The number of benzene rings is 1. The summed E-state index contributed by atoms with van der Waals surface area (Å²) in [5, 5.41) is 0. The molecule has 2 heteroatoms. The van der Waals surface area contributed by atoms with Crippen molar-refractivity contribution in [3.8, 4) is 5.75 Å². The van der Waals surface area contributed by atoms with Gasteiger partial charge in [-0.1, -0.05) is 42.7 Å². The molecule has 1 aliphatic rings. The zero-order chi connectivity index (χ0) is 12.6. The van der Waals surface area contributed by atoms with Crippen molar-refractivity contribution in [2.75, 3.05) is 6.61 Å². The fourth-order valence-electron chi connectivity index (χ4n) is 2.36. The molecule has 98 valence electrons. The number of hydrogen-bond donors (Lipinski definition) is 1. The second kappa shape index (κ2) is 7.22. The Morgan fingerprint density at radius 2 is 1.83 bits per heavy atom. The predicted molar refractivity (Wildman–Crippen MR) is 75.7 cm³/mol. The van der Waals surface area contributed by atoms with Gasteiger partial charge in [0.1, 0.15) is 12.4 Å². The van der Waals surface area contributed by atoms with Crippen LogP contribution in [-0.4, -0.2) is 12.6 Å². The average Bonchev–Trinajstić information content (AvgIpc) is 2.37. The Morgan fingerprint density at radius 1 is 1.06 bits per heavy atom. The van der Waals surface area contributed by atoms with Gasteiger partial charge in [0.25, 0.3) is 0 Å². The van der Waals surface area contributed by atoms with Crippen LogP contribution in [0.4, 0.5) is 0 Å². The van der Waals surface area contributed by atoms with Crippen molar-refractivity contribution in [1.82, 2.24) is 0 Å². The molecule has 0 saturated heterocycles. The van der Waals surface area contributed by atoms with E-state index >= 15 is 0 Å². The fraction of sp³-hybridized carbons (Fsp3) is 0.500. The van der Waals surface area contributed by atoms with E-state index in [-0.39, 0.29) is 6.04 Å². The third-order valence-corrected chi connectivity index (χ3v) is 3.48. The average molecular weight is 245 g/mol. The molecule has 0 bridgehead atoms. The molecule has 0 amide bonds. The van der Waals surface area contributed by atoms with Crippen LogP contribution in [-0.2, 0) is 0 Å². The lowest BCUT2D eigenvalue weighted by molar-refractivity contribution is 0.299. The minimum atomic E-state index is 0.0447. The number of nitrogens with two attached hydrogens (primary N) is 1. The summed E-state index contributed by atoms with van der Waals surface area (Å²) in [7, 11) is 0. The van der Waals surface area contributed by atoms with E-state index in [1.807, 2.05) is 30.3 Å². The van der Waals surface area contributed by atoms with Gasteiger partial charge in [-0.25, -0.2) is 0 Å². The molecule has 1 aliphatic carbocycles. The zero-order valence-corrected chi connectivity index (χ0v) is 11.0. The number of ether oxygens (including phenoxy) is 1. The van der Waals surface area contributed by atoms with Gasteiger partial charge in [-0.05, 0) is 37.8 Å². The van der Waals surface area contributed by atoms with Crippen molar-refractivity contribution in [2.45, 2.75) is 44.6 Å². The van der Waals surface area contributed by atoms with Crippen molar-refractivity contribution in [2.24, 2.45) is 5.73 Å². The normalized spacial score (nSPS) is 21.3. The monoisotopic (exact) mass is 245 g/mol. The summed E-state index contributed by atoms with van der Waals surface area (Å²) in [6, 6.07) is 9.94. The Hall–Kier alpha value is -1.28. The highest BCUT2D eigenvalue weighted by molar-refractivity contribution is 5.21. The second-order valence-electron chi connectivity index (χ2n) is 4.96. The number of hydrogen-bond acceptors (Lipinski definition) is 2. The second-order valence-corrected chi connectivity index (χ2v) is 4.96. The van der Waals surface area contributed by atoms with Gasteiger partial charge in [-0.2, -0.15) is 0 Å². The summed E-state index contributed by atoms with van der Waals surface area (Å²) in [5.41, 5.74) is 7.60. The maximum absolute atomic E-state index is 6.22. The number of allylic oxidation sites excluding steroid dienone is 1. The SMILES string of the molecule is NC(COc1ccccc1)/C1=C/CCCCCC1. The molecule has 1 atom stereocenters. The molecular formula is C16H23NO. The molecule has 1 aromatic carbocycles. The summed E-state index contributed by atoms with van der Waals surface area (Å²) < 4.78 is 5.73. The summed E-state index contributed by atoms with van der Waals surface area (Å²) in [6.07, 6.45) is 9.91. The van der Waals surface area contributed by atoms with Gasteiger partial charge < -0.3 is 10.5 Å². The van der Waals surface area contributed by atoms with Crippen LogP contribution in [0.3, 0.4) is 0 Å². The Balaban J connectivity index is 1.84. The molecule has 0 fully saturated rings. The Bertz CT molecular complexity index is 372. The van der Waals surface area contributed by atoms with Crippen molar-refractivity contribution in [3.05, 3.63) is 42.0 Å². The van der Waals surface area contributed by atoms with E-state index in [0.29, 0.717) is 6.61 Å². The molecule has 0 saturated carbocycles. The van der Waals surface area contributed by atoms with Crippen molar-refractivity contribution >= 4 is 0 Å². The molecule has 2 N–H and O–H groups in total. The van der Waals surface area contributed by atoms with E-state index in [0.717, 1.165) is 12.2 Å². The van der Waals surface area contributed by atoms with E-state index < -0.39 is 0 Å². The molecule has 1 aromatic rings. The first-order valence-electron chi connectivity index (χ1n) is 6.98. The molecule has 1 unspecified atom stereocenters. The van der Waals surface area contributed by atoms with E-state index in [4.69, 9.17) is 10.5 Å². The fourth-order valence-corrected chi connectivity index (χ4v) is 2.36. The van der Waals surface area contributed by atoms with E-state index in [2.05, 4.69) is 6.08 Å². The zero-order valence-electron chi connectivity index (χ0n) is 11.0. The van der Waals surface area contributed by atoms with Crippen LogP contribution < -0.4 is 10.5 Å². The molecular weight excluding hydrogens is 222 g/mol. The van der Waals surface area contributed by atoms with E-state index in [1.165, 1.54) is 37.7 Å². The van der Waals surface area contributed by atoms with Crippen LogP contribution >= 0.6 is 0 Å². The molecule has 0 heterocycles. The smallest absolute Gasteiger partial charge is 0.119 e. The first-order chi connectivity index (χ1) is 8.86. The van der Waals surface area contributed by atoms with E-state index in [1.54, 1.807) is 0 Å². The number of para-hydroxylation sites is 1. The van der Waals surface area contributed by atoms with Crippen LogP contribution in [0.15, 0.2) is 42.0 Å². The van der Waals surface area contributed by atoms with Gasteiger partial charge in [0.2, 0.25) is 0 Å². The van der Waals surface area contributed by atoms with E-state index in [9.17, 15) is 0 Å². The highest BCUT2D eigenvalue weighted by atomic mass is 16.5. The summed E-state index contributed by atoms with van der Waals surface area (Å²) in [5.74, 6) is 0.902. The van der Waals surface area contributed by atoms with Gasteiger partial charge in [0, 0.05) is 0 Å². The standard InChI is InChI=1S/C16H23NO/c17-16(13-18-15-11-7-4-8-12-15)14-9-5-2-1-3-6-10-14/h4,7-9,11-12,16H,1-3,5-6,10,13,17H2/b14-9+. The molecule has 0 radical (unpaired) electrons. The predicted octanol–water partition coefficient (Wildman–Crippen LogP) is 3.67. The van der Waals surface area contributed by atoms with Crippen LogP contribution in [0.5, 0.6) is 5.75 Å². The third-order valence-electron chi connectivity index (χ3n) is 3.48. The van der Waals surface area contributed by atoms with Crippen molar-refractivity contribution < 1.29 is 4.74 Å². The molecule has 2 rings (SSSR count). The van der Waals surface area contributed by atoms with Crippen LogP contribution in [0.1, 0.15) is 38.5 Å². The molecule has 18 heavy (non-hydrogen) atoms. The molecule has 2 nitrogen and oxygen atoms in total. The summed E-state index contributed by atoms with van der Waals surface area (Å²) in [4.78, 5) is 0.